The van der Waals surface area contributed by atoms with Gasteiger partial charge >= 0.3 is 11.9 Å². The molecule has 5 rings (SSSR count). The van der Waals surface area contributed by atoms with Gasteiger partial charge in [0, 0.05) is 11.0 Å². The second kappa shape index (κ2) is 8.28. The van der Waals surface area contributed by atoms with E-state index in [0.29, 0.717) is 18.4 Å². The molecule has 0 radical (unpaired) electrons. The zero-order chi connectivity index (χ0) is 28.0. The molecular weight excluding hydrogens is 484 g/mol. The highest BCUT2D eigenvalue weighted by molar-refractivity contribution is 6.06. The van der Waals surface area contributed by atoms with Gasteiger partial charge < -0.3 is 19.7 Å². The van der Waals surface area contributed by atoms with Crippen molar-refractivity contribution in [2.75, 3.05) is 14.2 Å². The van der Waals surface area contributed by atoms with Gasteiger partial charge in [-0.15, -0.1) is 0 Å². The number of rotatable bonds is 2. The Morgan fingerprint density at radius 3 is 2.26 bits per heavy atom. The summed E-state index contributed by atoms with van der Waals surface area (Å²) in [4.78, 5) is 39.2. The van der Waals surface area contributed by atoms with Gasteiger partial charge in [0.2, 0.25) is 5.78 Å². The van der Waals surface area contributed by atoms with Gasteiger partial charge in [0.1, 0.15) is 0 Å². The fraction of sp³-hybridized carbons (Fsp3) is 0.581. The molecule has 0 unspecified atom stereocenters. The molecule has 5 aliphatic carbocycles. The predicted molar refractivity (Wildman–Crippen MR) is 141 cm³/mol. The van der Waals surface area contributed by atoms with Crippen LogP contribution in [0.25, 0.3) is 0 Å². The first-order valence-corrected chi connectivity index (χ1v) is 13.4. The first-order valence-electron chi connectivity index (χ1n) is 13.4. The summed E-state index contributed by atoms with van der Waals surface area (Å²) >= 11 is 0. The number of aliphatic hydroxyl groups is 2. The zero-order valence-corrected chi connectivity index (χ0v) is 23.4. The highest BCUT2D eigenvalue weighted by atomic mass is 16.5. The lowest BCUT2D eigenvalue weighted by Crippen LogP contribution is -2.62. The fourth-order valence-corrected chi connectivity index (χ4v) is 8.61. The van der Waals surface area contributed by atoms with Crippen molar-refractivity contribution >= 4 is 17.7 Å². The number of ether oxygens (including phenoxy) is 2. The number of esters is 2. The standard InChI is InChI=1S/C31H38O7/c1-16-13-31(27(36)38-7)15-23(33)30(5,26(35)37-6)14-22(31)29(4)11-10-28(3)19(24(16)29)9-8-18-17(2)25(34)21(32)12-20(18)28/h8-9,12,22-23,33-34H,10-11,13-15H2,1-7H3/t22-,23-,28+,29-,30-,31+/m0/s1. The molecule has 2 saturated carbocycles. The molecule has 0 aromatic heterocycles. The van der Waals surface area contributed by atoms with Crippen molar-refractivity contribution in [1.29, 1.82) is 0 Å². The molecule has 0 heterocycles. The SMILES string of the molecule is COC(=O)[C@@]12CC(C)=C3C4=CC=C5C(=CC(=O)C(O)=C5C)[C@]4(C)CC[C@@]3(C)[C@@H]1C[C@](C)(C(=O)OC)[C@@H](O)C2. The number of hydrogen-bond acceptors (Lipinski definition) is 7. The number of carbonyl (C=O) groups excluding carboxylic acids is 3. The summed E-state index contributed by atoms with van der Waals surface area (Å²) < 4.78 is 10.5. The van der Waals surface area contributed by atoms with Gasteiger partial charge in [0.15, 0.2) is 5.76 Å². The van der Waals surface area contributed by atoms with Crippen LogP contribution in [0.1, 0.15) is 66.7 Å². The lowest BCUT2D eigenvalue weighted by Gasteiger charge is -2.63. The maximum atomic E-state index is 13.5. The molecule has 0 bridgehead atoms. The summed E-state index contributed by atoms with van der Waals surface area (Å²) in [5, 5.41) is 21.6. The quantitative estimate of drug-likeness (QED) is 0.500. The predicted octanol–water partition coefficient (Wildman–Crippen LogP) is 4.83. The summed E-state index contributed by atoms with van der Waals surface area (Å²) in [6.45, 7) is 9.91. The first kappa shape index (κ1) is 26.7. The third-order valence-corrected chi connectivity index (χ3v) is 10.8. The molecule has 5 aliphatic rings. The number of methoxy groups -OCH3 is 2. The number of ketones is 1. The maximum absolute atomic E-state index is 13.5. The summed E-state index contributed by atoms with van der Waals surface area (Å²) in [5.41, 5.74) is 2.71. The lowest BCUT2D eigenvalue weighted by molar-refractivity contribution is -0.193. The molecule has 38 heavy (non-hydrogen) atoms. The van der Waals surface area contributed by atoms with Gasteiger partial charge in [-0.1, -0.05) is 31.6 Å². The van der Waals surface area contributed by atoms with Gasteiger partial charge in [0.25, 0.3) is 0 Å². The molecule has 0 aromatic carbocycles. The molecule has 0 spiro atoms. The highest BCUT2D eigenvalue weighted by Gasteiger charge is 2.67. The molecule has 2 fully saturated rings. The molecule has 0 aliphatic heterocycles. The van der Waals surface area contributed by atoms with E-state index in [1.165, 1.54) is 19.8 Å². The third-order valence-electron chi connectivity index (χ3n) is 10.8. The van der Waals surface area contributed by atoms with Crippen molar-refractivity contribution in [1.82, 2.24) is 0 Å². The van der Waals surface area contributed by atoms with Crippen molar-refractivity contribution in [2.45, 2.75) is 72.8 Å². The minimum Gasteiger partial charge on any atom is -0.504 e. The minimum atomic E-state index is -1.15. The Labute approximate surface area is 224 Å². The zero-order valence-electron chi connectivity index (χ0n) is 23.4. The summed E-state index contributed by atoms with van der Waals surface area (Å²) in [7, 11) is 2.72. The normalized spacial score (nSPS) is 40.1. The van der Waals surface area contributed by atoms with Crippen molar-refractivity contribution < 1.29 is 34.1 Å². The highest BCUT2D eigenvalue weighted by Crippen LogP contribution is 2.71. The Hall–Kier alpha value is -2.93. The number of allylic oxidation sites excluding steroid dienone is 9. The molecule has 0 amide bonds. The molecule has 7 heteroatoms. The monoisotopic (exact) mass is 522 g/mol. The molecule has 0 saturated heterocycles. The lowest BCUT2D eigenvalue weighted by atomic mass is 9.40. The van der Waals surface area contributed by atoms with Crippen LogP contribution in [0, 0.1) is 27.6 Å². The van der Waals surface area contributed by atoms with Crippen LogP contribution in [-0.4, -0.2) is 48.3 Å². The summed E-state index contributed by atoms with van der Waals surface area (Å²) in [6.07, 6.45) is 6.91. The van der Waals surface area contributed by atoms with Crippen LogP contribution in [-0.2, 0) is 23.9 Å². The Kier molecular flexibility index (Phi) is 5.81. The Balaban J connectivity index is 1.72. The number of hydrogen-bond donors (Lipinski definition) is 2. The van der Waals surface area contributed by atoms with Crippen LogP contribution in [0.15, 0.2) is 57.4 Å². The van der Waals surface area contributed by atoms with E-state index >= 15 is 0 Å². The van der Waals surface area contributed by atoms with Crippen LogP contribution in [0.3, 0.4) is 0 Å². The number of fused-ring (bicyclic) bond motifs is 7. The first-order chi connectivity index (χ1) is 17.7. The number of carbonyl (C=O) groups is 3. The van der Waals surface area contributed by atoms with E-state index in [9.17, 15) is 24.6 Å². The van der Waals surface area contributed by atoms with Gasteiger partial charge in [-0.3, -0.25) is 14.4 Å². The van der Waals surface area contributed by atoms with Gasteiger partial charge in [-0.2, -0.15) is 0 Å². The average Bonchev–Trinajstić information content (AvgIpc) is 2.88. The van der Waals surface area contributed by atoms with Gasteiger partial charge in [-0.05, 0) is 92.6 Å². The van der Waals surface area contributed by atoms with Crippen molar-refractivity contribution in [3.8, 4) is 0 Å². The smallest absolute Gasteiger partial charge is 0.314 e. The second-order valence-electron chi connectivity index (χ2n) is 12.7. The fourth-order valence-electron chi connectivity index (χ4n) is 8.61. The summed E-state index contributed by atoms with van der Waals surface area (Å²) in [5.74, 6) is -1.67. The van der Waals surface area contributed by atoms with Gasteiger partial charge in [-0.25, -0.2) is 0 Å². The van der Waals surface area contributed by atoms with Crippen molar-refractivity contribution in [2.24, 2.45) is 27.6 Å². The molecule has 6 atom stereocenters. The van der Waals surface area contributed by atoms with Crippen LogP contribution >= 0.6 is 0 Å². The van der Waals surface area contributed by atoms with Crippen LogP contribution < -0.4 is 0 Å². The van der Waals surface area contributed by atoms with Crippen molar-refractivity contribution in [3.05, 3.63) is 57.4 Å². The topological polar surface area (TPSA) is 110 Å². The van der Waals surface area contributed by atoms with Crippen LogP contribution in [0.4, 0.5) is 0 Å². The van der Waals surface area contributed by atoms with E-state index in [-0.39, 0.29) is 29.9 Å². The van der Waals surface area contributed by atoms with Crippen LogP contribution in [0.5, 0.6) is 0 Å². The van der Waals surface area contributed by atoms with E-state index in [1.807, 2.05) is 6.08 Å². The third kappa shape index (κ3) is 3.14. The van der Waals surface area contributed by atoms with Gasteiger partial charge in [0.05, 0.1) is 31.2 Å². The Morgan fingerprint density at radius 1 is 0.974 bits per heavy atom. The summed E-state index contributed by atoms with van der Waals surface area (Å²) in [6, 6.07) is 0. The maximum Gasteiger partial charge on any atom is 0.314 e. The molecule has 7 nitrogen and oxygen atoms in total. The van der Waals surface area contributed by atoms with E-state index < -0.39 is 33.7 Å². The number of aliphatic hydroxyl groups excluding tert-OH is 2. The second-order valence-corrected chi connectivity index (χ2v) is 12.7. The van der Waals surface area contributed by atoms with E-state index in [2.05, 4.69) is 26.8 Å². The molecule has 0 aromatic rings. The Bertz CT molecular complexity index is 1330. The average molecular weight is 523 g/mol. The van der Waals surface area contributed by atoms with E-state index in [4.69, 9.17) is 9.47 Å². The van der Waals surface area contributed by atoms with Crippen LogP contribution in [0.2, 0.25) is 0 Å². The largest absolute Gasteiger partial charge is 0.504 e. The molecule has 2 N–H and O–H groups in total. The Morgan fingerprint density at radius 2 is 1.63 bits per heavy atom. The molecule has 204 valence electrons. The minimum absolute atomic E-state index is 0.124. The molecular formula is C31H38O7. The van der Waals surface area contributed by atoms with Crippen molar-refractivity contribution in [3.63, 3.8) is 0 Å². The van der Waals surface area contributed by atoms with E-state index in [0.717, 1.165) is 35.1 Å². The van der Waals surface area contributed by atoms with E-state index in [1.54, 1.807) is 19.9 Å².